The van der Waals surface area contributed by atoms with Crippen molar-refractivity contribution in [3.05, 3.63) is 58.3 Å². The second kappa shape index (κ2) is 10.2. The highest BCUT2D eigenvalue weighted by Gasteiger charge is 2.12. The van der Waals surface area contributed by atoms with E-state index in [1.165, 1.54) is 10.8 Å². The molecule has 0 heterocycles. The first-order chi connectivity index (χ1) is 12.9. The first-order valence-corrected chi connectivity index (χ1v) is 10.7. The van der Waals surface area contributed by atoms with Crippen molar-refractivity contribution in [3.8, 4) is 11.5 Å². The second-order valence-electron chi connectivity index (χ2n) is 5.49. The third kappa shape index (κ3) is 6.44. The molecule has 0 spiro atoms. The molecule has 4 N–H and O–H groups in total. The number of ether oxygens (including phenoxy) is 2. The molecular weight excluding hydrogens is 384 g/mol. The Kier molecular flexibility index (Phi) is 7.93. The highest BCUT2D eigenvalue weighted by atomic mass is 32.3. The Morgan fingerprint density at radius 3 is 1.56 bits per heavy atom. The van der Waals surface area contributed by atoms with Gasteiger partial charge in [-0.3, -0.25) is 0 Å². The maximum Gasteiger partial charge on any atom is 0.262 e. The smallest absolute Gasteiger partial charge is 0.262 e. The Morgan fingerprint density at radius 1 is 0.815 bits per heavy atom. The van der Waals surface area contributed by atoms with Crippen LogP contribution < -0.4 is 20.9 Å². The van der Waals surface area contributed by atoms with Gasteiger partial charge in [0.05, 0.1) is 25.6 Å². The van der Waals surface area contributed by atoms with Gasteiger partial charge in [-0.1, -0.05) is 12.1 Å². The van der Waals surface area contributed by atoms with E-state index < -0.39 is 22.4 Å². The van der Waals surface area contributed by atoms with Gasteiger partial charge in [0.1, 0.15) is 22.3 Å². The molecule has 0 aliphatic carbocycles. The summed E-state index contributed by atoms with van der Waals surface area (Å²) in [5.74, 6) is 1.16. The fourth-order valence-electron chi connectivity index (χ4n) is 2.21. The standard InChI is InChI=1S/C19H22N2O4S2/c1-24-18-5-3-14(11-16(18)20)7-9-26(22)13-27(23)10-8-15-4-6-19(25-2)17(21)12-15/h3-12H,13,20-21H2,1-2H3/b9-7+,10-8?. The fraction of sp³-hybridized carbons (Fsp3) is 0.158. The summed E-state index contributed by atoms with van der Waals surface area (Å²) in [6, 6.07) is 10.5. The monoisotopic (exact) mass is 406 g/mol. The number of benzene rings is 2. The minimum absolute atomic E-state index is 0.00424. The Balaban J connectivity index is 1.91. The molecule has 2 aromatic rings. The topological polar surface area (TPSA) is 117 Å². The van der Waals surface area contributed by atoms with Crippen LogP contribution in [0.3, 0.4) is 0 Å². The van der Waals surface area contributed by atoms with E-state index in [9.17, 15) is 9.11 Å². The predicted molar refractivity (Wildman–Crippen MR) is 114 cm³/mol. The Labute approximate surface area is 165 Å². The summed E-state index contributed by atoms with van der Waals surface area (Å²) in [6.07, 6.45) is 3.36. The van der Waals surface area contributed by atoms with E-state index in [4.69, 9.17) is 20.9 Å². The molecule has 0 aliphatic rings. The molecule has 2 unspecified atom stereocenters. The summed E-state index contributed by atoms with van der Waals surface area (Å²) in [5, 5.41) is 3.00. The zero-order valence-corrected chi connectivity index (χ0v) is 16.7. The first kappa shape index (κ1) is 21.0. The third-order valence-corrected chi connectivity index (χ3v) is 6.30. The number of hydrogen-bond donors (Lipinski definition) is 2. The summed E-state index contributed by atoms with van der Waals surface area (Å²) >= 11 is -2.76. The van der Waals surface area contributed by atoms with Crippen molar-refractivity contribution < 1.29 is 18.6 Å². The maximum atomic E-state index is 12.1. The molecule has 27 heavy (non-hydrogen) atoms. The molecule has 144 valence electrons. The van der Waals surface area contributed by atoms with Gasteiger partial charge in [0.25, 0.3) is 5.08 Å². The van der Waals surface area contributed by atoms with Crippen molar-refractivity contribution in [2.75, 3.05) is 30.8 Å². The van der Waals surface area contributed by atoms with E-state index in [1.807, 2.05) is 0 Å². The van der Waals surface area contributed by atoms with Crippen LogP contribution in [0.15, 0.2) is 47.2 Å². The molecule has 0 aromatic heterocycles. The third-order valence-electron chi connectivity index (χ3n) is 3.56. The van der Waals surface area contributed by atoms with Crippen LogP contribution in [-0.4, -0.2) is 28.4 Å². The lowest BCUT2D eigenvalue weighted by atomic mass is 10.2. The molecule has 2 atom stereocenters. The summed E-state index contributed by atoms with van der Waals surface area (Å²) < 4.78 is 34.4. The number of rotatable bonds is 8. The summed E-state index contributed by atoms with van der Waals surface area (Å²) in [4.78, 5) is 0. The zero-order chi connectivity index (χ0) is 19.8. The maximum absolute atomic E-state index is 12.1. The van der Waals surface area contributed by atoms with E-state index in [0.29, 0.717) is 22.9 Å². The van der Waals surface area contributed by atoms with Gasteiger partial charge in [-0.2, -0.15) is 0 Å². The van der Waals surface area contributed by atoms with E-state index in [-0.39, 0.29) is 5.08 Å². The second-order valence-corrected chi connectivity index (χ2v) is 8.50. The molecule has 0 fully saturated rings. The fourth-order valence-corrected chi connectivity index (χ4v) is 4.38. The summed E-state index contributed by atoms with van der Waals surface area (Å²) in [7, 11) is 3.08. The van der Waals surface area contributed by atoms with Crippen molar-refractivity contribution in [2.45, 2.75) is 0 Å². The Bertz CT molecular complexity index is 760. The summed E-state index contributed by atoms with van der Waals surface area (Å²) in [6.45, 7) is 0. The number of methoxy groups -OCH3 is 2. The highest BCUT2D eigenvalue weighted by molar-refractivity contribution is 8.10. The van der Waals surface area contributed by atoms with Crippen LogP contribution in [0.2, 0.25) is 0 Å². The normalized spacial score (nSPS) is 13.8. The molecule has 0 bridgehead atoms. The van der Waals surface area contributed by atoms with Crippen molar-refractivity contribution in [3.63, 3.8) is 0 Å². The average Bonchev–Trinajstić information content (AvgIpc) is 2.65. The van der Waals surface area contributed by atoms with Crippen LogP contribution in [0.4, 0.5) is 11.4 Å². The minimum Gasteiger partial charge on any atom is -0.608 e. The molecule has 0 radical (unpaired) electrons. The quantitative estimate of drug-likeness (QED) is 0.514. The van der Waals surface area contributed by atoms with Crippen LogP contribution in [0.1, 0.15) is 11.1 Å². The number of anilines is 2. The Morgan fingerprint density at radius 2 is 1.22 bits per heavy atom. The van der Waals surface area contributed by atoms with Crippen LogP contribution in [0.5, 0.6) is 11.5 Å². The minimum atomic E-state index is -1.38. The molecule has 0 aliphatic heterocycles. The largest absolute Gasteiger partial charge is 0.608 e. The number of hydrogen-bond acceptors (Lipinski definition) is 6. The molecule has 6 nitrogen and oxygen atoms in total. The summed E-state index contributed by atoms with van der Waals surface area (Å²) in [5.41, 5.74) is 14.2. The lowest BCUT2D eigenvalue weighted by Crippen LogP contribution is -2.11. The van der Waals surface area contributed by atoms with E-state index in [0.717, 1.165) is 11.1 Å². The highest BCUT2D eigenvalue weighted by Crippen LogP contribution is 2.24. The lowest BCUT2D eigenvalue weighted by molar-refractivity contribution is 0.417. The van der Waals surface area contributed by atoms with Gasteiger partial charge in [0.2, 0.25) is 0 Å². The molecular formula is C19H22N2O4S2. The number of nitrogens with two attached hydrogens (primary N) is 2. The van der Waals surface area contributed by atoms with Crippen LogP contribution >= 0.6 is 0 Å². The van der Waals surface area contributed by atoms with Gasteiger partial charge in [-0.15, -0.1) is 0 Å². The number of nitrogen functional groups attached to an aromatic ring is 2. The molecule has 8 heteroatoms. The zero-order valence-electron chi connectivity index (χ0n) is 15.1. The van der Waals surface area contributed by atoms with Crippen LogP contribution in [0.25, 0.3) is 12.2 Å². The molecule has 2 rings (SSSR count). The van der Waals surface area contributed by atoms with E-state index >= 15 is 0 Å². The van der Waals surface area contributed by atoms with E-state index in [1.54, 1.807) is 62.8 Å². The van der Waals surface area contributed by atoms with Crippen molar-refractivity contribution in [2.24, 2.45) is 0 Å². The SMILES string of the molecule is COc1ccc(C=C[S+]([O-])C[S+]([O-])/C=C/c2ccc(OC)c(N)c2)cc1N. The van der Waals surface area contributed by atoms with Gasteiger partial charge in [0, 0.05) is 22.4 Å². The Hall–Kier alpha value is -2.26. The predicted octanol–water partition coefficient (Wildman–Crippen LogP) is 2.96. The van der Waals surface area contributed by atoms with Gasteiger partial charge in [0.15, 0.2) is 0 Å². The lowest BCUT2D eigenvalue weighted by Gasteiger charge is -2.08. The van der Waals surface area contributed by atoms with Gasteiger partial charge in [-0.05, 0) is 47.5 Å². The van der Waals surface area contributed by atoms with Gasteiger partial charge in [-0.25, -0.2) is 0 Å². The van der Waals surface area contributed by atoms with Crippen molar-refractivity contribution >= 4 is 45.9 Å². The van der Waals surface area contributed by atoms with Crippen molar-refractivity contribution in [1.82, 2.24) is 0 Å². The van der Waals surface area contributed by atoms with Crippen LogP contribution in [-0.2, 0) is 22.4 Å². The molecule has 2 aromatic carbocycles. The average molecular weight is 407 g/mol. The molecule has 0 amide bonds. The van der Waals surface area contributed by atoms with Crippen LogP contribution in [0, 0.1) is 0 Å². The molecule has 0 saturated heterocycles. The molecule has 0 saturated carbocycles. The first-order valence-electron chi connectivity index (χ1n) is 7.90. The van der Waals surface area contributed by atoms with E-state index in [2.05, 4.69) is 0 Å². The van der Waals surface area contributed by atoms with Crippen molar-refractivity contribution in [1.29, 1.82) is 0 Å². The van der Waals surface area contributed by atoms with Gasteiger partial charge < -0.3 is 30.0 Å². The van der Waals surface area contributed by atoms with Gasteiger partial charge >= 0.3 is 0 Å².